The Balaban J connectivity index is 2.47. The first-order valence-electron chi connectivity index (χ1n) is 5.06. The molecule has 1 N–H and O–H groups in total. The molecule has 0 spiro atoms. The van der Waals surface area contributed by atoms with Gasteiger partial charge in [0, 0.05) is 5.56 Å². The van der Waals surface area contributed by atoms with Gasteiger partial charge in [-0.05, 0) is 0 Å². The number of allylic oxidation sites excluding steroid dienone is 1. The summed E-state index contributed by atoms with van der Waals surface area (Å²) in [5.74, 6) is 0. The Morgan fingerprint density at radius 2 is 1.67 bits per heavy atom. The van der Waals surface area contributed by atoms with E-state index in [0.717, 1.165) is 5.56 Å². The third-order valence-electron chi connectivity index (χ3n) is 2.20. The zero-order valence-corrected chi connectivity index (χ0v) is 9.28. The molecule has 0 saturated carbocycles. The minimum absolute atomic E-state index is 0.00472. The standard InChI is InChI=1S/C12H8N6/c13-6-11(7-14)12(10-4-2-1-3-5-10)17-18-8-15-16-9-18/h1-5,8-9,17H. The second-order valence-corrected chi connectivity index (χ2v) is 3.32. The average Bonchev–Trinajstić information content (AvgIpc) is 2.93. The van der Waals surface area contributed by atoms with E-state index >= 15 is 0 Å². The highest BCUT2D eigenvalue weighted by molar-refractivity contribution is 5.78. The number of nitrogens with zero attached hydrogens (tertiary/aromatic N) is 5. The molecule has 18 heavy (non-hydrogen) atoms. The normalized spacial score (nSPS) is 9.00. The van der Waals surface area contributed by atoms with E-state index in [1.54, 1.807) is 12.1 Å². The Kier molecular flexibility index (Phi) is 3.34. The minimum Gasteiger partial charge on any atom is -0.289 e. The Morgan fingerprint density at radius 1 is 1.06 bits per heavy atom. The molecule has 2 rings (SSSR count). The molecule has 6 heteroatoms. The van der Waals surface area contributed by atoms with Gasteiger partial charge >= 0.3 is 0 Å². The molecule has 0 aliphatic rings. The van der Waals surface area contributed by atoms with Crippen molar-refractivity contribution in [3.63, 3.8) is 0 Å². The topological polar surface area (TPSA) is 90.3 Å². The molecule has 0 amide bonds. The summed E-state index contributed by atoms with van der Waals surface area (Å²) in [7, 11) is 0. The zero-order valence-electron chi connectivity index (χ0n) is 9.28. The van der Waals surface area contributed by atoms with Crippen LogP contribution in [0.15, 0.2) is 48.6 Å². The maximum absolute atomic E-state index is 8.98. The number of aromatic nitrogens is 3. The van der Waals surface area contributed by atoms with Crippen LogP contribution in [0.1, 0.15) is 5.56 Å². The molecule has 0 bridgehead atoms. The van der Waals surface area contributed by atoms with Crippen molar-refractivity contribution in [2.75, 3.05) is 5.43 Å². The Morgan fingerprint density at radius 3 is 2.22 bits per heavy atom. The molecule has 0 aliphatic heterocycles. The van der Waals surface area contributed by atoms with Crippen molar-refractivity contribution in [3.8, 4) is 12.1 Å². The van der Waals surface area contributed by atoms with Crippen LogP contribution in [0.5, 0.6) is 0 Å². The lowest BCUT2D eigenvalue weighted by Gasteiger charge is -2.10. The quantitative estimate of drug-likeness (QED) is 0.810. The van der Waals surface area contributed by atoms with Crippen LogP contribution >= 0.6 is 0 Å². The number of rotatable bonds is 3. The van der Waals surface area contributed by atoms with Crippen LogP contribution in [0.2, 0.25) is 0 Å². The van der Waals surface area contributed by atoms with E-state index < -0.39 is 0 Å². The Hall–Kier alpha value is -3.12. The van der Waals surface area contributed by atoms with E-state index in [1.165, 1.54) is 17.3 Å². The maximum Gasteiger partial charge on any atom is 0.155 e. The lowest BCUT2D eigenvalue weighted by Crippen LogP contribution is -2.13. The van der Waals surface area contributed by atoms with Crippen molar-refractivity contribution >= 4 is 5.70 Å². The van der Waals surface area contributed by atoms with Gasteiger partial charge in [-0.25, -0.2) is 4.68 Å². The fourth-order valence-corrected chi connectivity index (χ4v) is 1.39. The molecule has 1 aromatic carbocycles. The van der Waals surface area contributed by atoms with E-state index in [1.807, 2.05) is 30.3 Å². The van der Waals surface area contributed by atoms with Gasteiger partial charge in [-0.1, -0.05) is 30.3 Å². The predicted octanol–water partition coefficient (Wildman–Crippen LogP) is 1.28. The van der Waals surface area contributed by atoms with Crippen molar-refractivity contribution in [2.45, 2.75) is 0 Å². The molecule has 2 aromatic rings. The summed E-state index contributed by atoms with van der Waals surface area (Å²) in [6.45, 7) is 0. The molecule has 86 valence electrons. The molecular weight excluding hydrogens is 228 g/mol. The van der Waals surface area contributed by atoms with Gasteiger partial charge in [0.05, 0.1) is 5.70 Å². The first-order chi connectivity index (χ1) is 8.85. The van der Waals surface area contributed by atoms with E-state index in [0.29, 0.717) is 5.70 Å². The zero-order chi connectivity index (χ0) is 12.8. The monoisotopic (exact) mass is 236 g/mol. The van der Waals surface area contributed by atoms with Gasteiger partial charge < -0.3 is 0 Å². The van der Waals surface area contributed by atoms with Gasteiger partial charge in [0.15, 0.2) is 5.57 Å². The van der Waals surface area contributed by atoms with Gasteiger partial charge in [-0.3, -0.25) is 5.43 Å². The van der Waals surface area contributed by atoms with Gasteiger partial charge in [-0.2, -0.15) is 10.5 Å². The van der Waals surface area contributed by atoms with Crippen LogP contribution < -0.4 is 5.43 Å². The highest BCUT2D eigenvalue weighted by atomic mass is 15.5. The largest absolute Gasteiger partial charge is 0.289 e. The molecule has 0 radical (unpaired) electrons. The smallest absolute Gasteiger partial charge is 0.155 e. The van der Waals surface area contributed by atoms with Crippen molar-refractivity contribution in [1.29, 1.82) is 10.5 Å². The van der Waals surface area contributed by atoms with Crippen LogP contribution in [0.25, 0.3) is 5.70 Å². The van der Waals surface area contributed by atoms with Gasteiger partial charge in [-0.15, -0.1) is 10.2 Å². The van der Waals surface area contributed by atoms with E-state index in [9.17, 15) is 0 Å². The maximum atomic E-state index is 8.98. The molecule has 6 nitrogen and oxygen atoms in total. The molecule has 0 atom stereocenters. The molecule has 0 aliphatic carbocycles. The van der Waals surface area contributed by atoms with Crippen molar-refractivity contribution in [2.24, 2.45) is 0 Å². The summed E-state index contributed by atoms with van der Waals surface area (Å²) in [4.78, 5) is 0. The van der Waals surface area contributed by atoms with Crippen LogP contribution in [-0.4, -0.2) is 14.9 Å². The summed E-state index contributed by atoms with van der Waals surface area (Å²) in [5, 5.41) is 25.2. The third kappa shape index (κ3) is 2.34. The van der Waals surface area contributed by atoms with Gasteiger partial charge in [0.2, 0.25) is 0 Å². The lowest BCUT2D eigenvalue weighted by molar-refractivity contribution is 0.955. The summed E-state index contributed by atoms with van der Waals surface area (Å²) in [6.07, 6.45) is 2.88. The van der Waals surface area contributed by atoms with Crippen LogP contribution in [0.4, 0.5) is 0 Å². The van der Waals surface area contributed by atoms with E-state index in [2.05, 4.69) is 15.6 Å². The van der Waals surface area contributed by atoms with Crippen molar-refractivity contribution in [1.82, 2.24) is 14.9 Å². The number of nitrogens with one attached hydrogen (secondary N) is 1. The van der Waals surface area contributed by atoms with Crippen LogP contribution in [-0.2, 0) is 0 Å². The Labute approximate surface area is 103 Å². The Bertz CT molecular complexity index is 611. The second-order valence-electron chi connectivity index (χ2n) is 3.32. The number of nitriles is 2. The first-order valence-corrected chi connectivity index (χ1v) is 5.06. The molecule has 1 aromatic heterocycles. The molecular formula is C12H8N6. The molecule has 0 fully saturated rings. The number of hydrogen-bond acceptors (Lipinski definition) is 5. The van der Waals surface area contributed by atoms with Gasteiger partial charge in [0.25, 0.3) is 0 Å². The summed E-state index contributed by atoms with van der Waals surface area (Å²) < 4.78 is 1.47. The highest BCUT2D eigenvalue weighted by Gasteiger charge is 2.09. The van der Waals surface area contributed by atoms with E-state index in [-0.39, 0.29) is 5.57 Å². The van der Waals surface area contributed by atoms with Crippen molar-refractivity contribution in [3.05, 3.63) is 54.1 Å². The van der Waals surface area contributed by atoms with Gasteiger partial charge in [0.1, 0.15) is 24.8 Å². The third-order valence-corrected chi connectivity index (χ3v) is 2.20. The highest BCUT2D eigenvalue weighted by Crippen LogP contribution is 2.16. The SMILES string of the molecule is N#CC(C#N)=C(Nn1cnnc1)c1ccccc1. The lowest BCUT2D eigenvalue weighted by atomic mass is 10.1. The predicted molar refractivity (Wildman–Crippen MR) is 64.0 cm³/mol. The number of hydrogen-bond donors (Lipinski definition) is 1. The fourth-order valence-electron chi connectivity index (χ4n) is 1.39. The first kappa shape index (κ1) is 11.4. The molecule has 0 unspecified atom stereocenters. The average molecular weight is 236 g/mol. The second kappa shape index (κ2) is 5.28. The molecule has 0 saturated heterocycles. The molecule has 1 heterocycles. The van der Waals surface area contributed by atoms with Crippen molar-refractivity contribution < 1.29 is 0 Å². The number of benzene rings is 1. The summed E-state index contributed by atoms with van der Waals surface area (Å²) in [6, 6.07) is 12.9. The fraction of sp³-hybridized carbons (Fsp3) is 0. The summed E-state index contributed by atoms with van der Waals surface area (Å²) >= 11 is 0. The van der Waals surface area contributed by atoms with E-state index in [4.69, 9.17) is 10.5 Å². The van der Waals surface area contributed by atoms with Crippen LogP contribution in [0.3, 0.4) is 0 Å². The van der Waals surface area contributed by atoms with Crippen LogP contribution in [0, 0.1) is 22.7 Å². The minimum atomic E-state index is -0.00472. The summed E-state index contributed by atoms with van der Waals surface area (Å²) in [5.41, 5.74) is 4.06.